The molecule has 3 nitrogen and oxygen atoms in total. The first kappa shape index (κ1) is 33.0. The molecule has 0 saturated heterocycles. The lowest BCUT2D eigenvalue weighted by molar-refractivity contribution is 0.0690. The average Bonchev–Trinajstić information content (AvgIpc) is 3.15. The van der Waals surface area contributed by atoms with Crippen LogP contribution in [0.4, 0.5) is 0 Å². The van der Waals surface area contributed by atoms with Crippen LogP contribution < -0.4 is 0 Å². The topological polar surface area (TPSA) is 38.7 Å². The van der Waals surface area contributed by atoms with Crippen molar-refractivity contribution >= 4 is 16.6 Å². The monoisotopic (exact) mass is 574 g/mol. The molecule has 0 heterocycles. The van der Waals surface area contributed by atoms with Crippen molar-refractivity contribution in [3.8, 4) is 0 Å². The van der Waals surface area contributed by atoms with E-state index in [-0.39, 0.29) is 22.3 Å². The molecule has 0 aromatic heterocycles. The molecular weight excluding hydrogens is 513 g/mol. The van der Waals surface area contributed by atoms with Gasteiger partial charge in [0.05, 0.1) is 12.2 Å². The predicted octanol–water partition coefficient (Wildman–Crippen LogP) is 9.81. The molecule has 3 saturated carbocycles. The first-order valence-electron chi connectivity index (χ1n) is 15.8. The van der Waals surface area contributed by atoms with Crippen molar-refractivity contribution in [2.24, 2.45) is 23.2 Å². The van der Waals surface area contributed by atoms with Crippen LogP contribution in [0, 0.1) is 23.2 Å². The fraction of sp³-hybridized carbons (Fsp3) is 0.824. The third-order valence-corrected chi connectivity index (χ3v) is 20.7. The molecule has 1 N–H and O–H groups in total. The van der Waals surface area contributed by atoms with Gasteiger partial charge in [-0.3, -0.25) is 0 Å². The Hall–Kier alpha value is -0.466. The standard InChI is InChI=1S/C34H62O3Si2/c1-24(23-35)28-18-19-29-27(15-14-20-34(28,29)9)17-16-26-21-30(36-38(10,11)32(3,4)5)25(2)31(22-26)37-39(12,13)33(6,7)8/h16-17,24,28-31,35H,2,14-15,18-23H2,1,3-13H3/b27-17+/t24-,28-,29+,30-,31-,34-/m1/s1. The van der Waals surface area contributed by atoms with E-state index in [9.17, 15) is 5.11 Å². The zero-order chi connectivity index (χ0) is 29.6. The Balaban J connectivity index is 1.92. The van der Waals surface area contributed by atoms with E-state index in [1.54, 1.807) is 5.57 Å². The first-order valence-corrected chi connectivity index (χ1v) is 21.6. The van der Waals surface area contributed by atoms with E-state index in [1.165, 1.54) is 37.7 Å². The lowest BCUT2D eigenvalue weighted by atomic mass is 9.61. The molecule has 0 aliphatic heterocycles. The molecule has 224 valence electrons. The maximum Gasteiger partial charge on any atom is 0.192 e. The number of aliphatic hydroxyl groups excluding tert-OH is 1. The maximum atomic E-state index is 9.92. The van der Waals surface area contributed by atoms with E-state index in [1.807, 2.05) is 0 Å². The number of fused-ring (bicyclic) bond motifs is 1. The molecule has 3 rings (SSSR count). The number of allylic oxidation sites excluding steroid dienone is 3. The Kier molecular flexibility index (Phi) is 9.88. The molecule has 39 heavy (non-hydrogen) atoms. The van der Waals surface area contributed by atoms with Crippen molar-refractivity contribution in [2.45, 2.75) is 149 Å². The zero-order valence-electron chi connectivity index (χ0n) is 27.7. The van der Waals surface area contributed by atoms with E-state index >= 15 is 0 Å². The van der Waals surface area contributed by atoms with E-state index in [4.69, 9.17) is 8.85 Å². The van der Waals surface area contributed by atoms with Crippen molar-refractivity contribution in [2.75, 3.05) is 6.61 Å². The number of hydrogen-bond acceptors (Lipinski definition) is 3. The quantitative estimate of drug-likeness (QED) is 0.243. The van der Waals surface area contributed by atoms with Crippen LogP contribution in [0.1, 0.15) is 100 Å². The third-order valence-electron chi connectivity index (χ3n) is 11.8. The molecule has 3 aliphatic carbocycles. The lowest BCUT2D eigenvalue weighted by Crippen LogP contribution is -2.49. The summed E-state index contributed by atoms with van der Waals surface area (Å²) >= 11 is 0. The van der Waals surface area contributed by atoms with Gasteiger partial charge in [-0.05, 0) is 110 Å². The van der Waals surface area contributed by atoms with Gasteiger partial charge in [0.25, 0.3) is 0 Å². The first-order chi connectivity index (χ1) is 17.7. The normalized spacial score (nSPS) is 32.9. The SMILES string of the molecule is C=C1[C@H](O[Si](C)(C)C(C)(C)C)CC(=C/C=C2\CCC[C@]3(C)[C@@H]([C@H](C)CO)CC[C@@H]23)C[C@H]1O[Si](C)(C)C(C)(C)C. The van der Waals surface area contributed by atoms with Crippen LogP contribution >= 0.6 is 0 Å². The molecule has 3 aliphatic rings. The van der Waals surface area contributed by atoms with Gasteiger partial charge in [-0.2, -0.15) is 0 Å². The summed E-state index contributed by atoms with van der Waals surface area (Å²) in [6.07, 6.45) is 13.1. The Morgan fingerprint density at radius 3 is 1.92 bits per heavy atom. The lowest BCUT2D eigenvalue weighted by Gasteiger charge is -2.46. The fourth-order valence-electron chi connectivity index (χ4n) is 7.03. The van der Waals surface area contributed by atoms with Gasteiger partial charge in [0.2, 0.25) is 0 Å². The predicted molar refractivity (Wildman–Crippen MR) is 173 cm³/mol. The second kappa shape index (κ2) is 11.7. The van der Waals surface area contributed by atoms with Crippen molar-refractivity contribution < 1.29 is 14.0 Å². The molecule has 5 heteroatoms. The van der Waals surface area contributed by atoms with Gasteiger partial charge in [0.1, 0.15) is 0 Å². The highest BCUT2D eigenvalue weighted by Crippen LogP contribution is 2.59. The molecule has 3 fully saturated rings. The van der Waals surface area contributed by atoms with E-state index in [0.717, 1.165) is 18.4 Å². The van der Waals surface area contributed by atoms with Crippen molar-refractivity contribution in [1.29, 1.82) is 0 Å². The van der Waals surface area contributed by atoms with Crippen LogP contribution in [0.15, 0.2) is 35.5 Å². The number of aliphatic hydroxyl groups is 1. The average molecular weight is 575 g/mol. The van der Waals surface area contributed by atoms with E-state index < -0.39 is 16.6 Å². The van der Waals surface area contributed by atoms with Gasteiger partial charge in [0.15, 0.2) is 16.6 Å². The molecule has 6 atom stereocenters. The third kappa shape index (κ3) is 6.96. The highest BCUT2D eigenvalue weighted by Gasteiger charge is 2.50. The largest absolute Gasteiger partial charge is 0.410 e. The van der Waals surface area contributed by atoms with Gasteiger partial charge >= 0.3 is 0 Å². The van der Waals surface area contributed by atoms with Crippen molar-refractivity contribution in [3.63, 3.8) is 0 Å². The van der Waals surface area contributed by atoms with Gasteiger partial charge in [-0.15, -0.1) is 0 Å². The second-order valence-corrected chi connectivity index (χ2v) is 26.1. The van der Waals surface area contributed by atoms with E-state index in [0.29, 0.717) is 29.8 Å². The summed E-state index contributed by atoms with van der Waals surface area (Å²) in [5.74, 6) is 1.68. The second-order valence-electron chi connectivity index (χ2n) is 16.5. The van der Waals surface area contributed by atoms with Gasteiger partial charge < -0.3 is 14.0 Å². The summed E-state index contributed by atoms with van der Waals surface area (Å²) in [6, 6.07) is 0. The molecule has 0 radical (unpaired) electrons. The summed E-state index contributed by atoms with van der Waals surface area (Å²) in [6.45, 7) is 33.0. The van der Waals surface area contributed by atoms with Crippen LogP contribution in [0.5, 0.6) is 0 Å². The maximum absolute atomic E-state index is 9.92. The van der Waals surface area contributed by atoms with Crippen LogP contribution in [0.3, 0.4) is 0 Å². The highest BCUT2D eigenvalue weighted by molar-refractivity contribution is 6.74. The number of rotatable bonds is 7. The molecule has 0 bridgehead atoms. The minimum absolute atomic E-state index is 0.0250. The van der Waals surface area contributed by atoms with Crippen LogP contribution in [-0.4, -0.2) is 40.6 Å². The Bertz CT molecular complexity index is 906. The zero-order valence-corrected chi connectivity index (χ0v) is 29.7. The molecule has 0 unspecified atom stereocenters. The molecule has 0 aromatic carbocycles. The van der Waals surface area contributed by atoms with Crippen molar-refractivity contribution in [3.05, 3.63) is 35.5 Å². The Morgan fingerprint density at radius 1 is 0.949 bits per heavy atom. The van der Waals surface area contributed by atoms with Gasteiger partial charge in [-0.1, -0.05) is 85.3 Å². The number of hydrogen-bond donors (Lipinski definition) is 1. The molecule has 0 aromatic rings. The summed E-state index contributed by atoms with van der Waals surface area (Å²) in [4.78, 5) is 0. The Labute approximate surface area is 244 Å². The minimum atomic E-state index is -1.96. The van der Waals surface area contributed by atoms with E-state index in [2.05, 4.69) is 100 Å². The smallest absolute Gasteiger partial charge is 0.192 e. The minimum Gasteiger partial charge on any atom is -0.410 e. The summed E-state index contributed by atoms with van der Waals surface area (Å²) in [5, 5.41) is 10.2. The van der Waals surface area contributed by atoms with Crippen LogP contribution in [-0.2, 0) is 8.85 Å². The Morgan fingerprint density at radius 2 is 1.46 bits per heavy atom. The van der Waals surface area contributed by atoms with Crippen LogP contribution in [0.25, 0.3) is 0 Å². The molecule has 0 amide bonds. The summed E-state index contributed by atoms with van der Waals surface area (Å²) in [7, 11) is -3.92. The highest BCUT2D eigenvalue weighted by atomic mass is 28.4. The van der Waals surface area contributed by atoms with Gasteiger partial charge in [-0.25, -0.2) is 0 Å². The fourth-order valence-corrected chi connectivity index (χ4v) is 9.63. The molecular formula is C34H62O3Si2. The summed E-state index contributed by atoms with van der Waals surface area (Å²) < 4.78 is 14.1. The van der Waals surface area contributed by atoms with Crippen LogP contribution in [0.2, 0.25) is 36.3 Å². The summed E-state index contributed by atoms with van der Waals surface area (Å²) in [5.41, 5.74) is 4.56. The van der Waals surface area contributed by atoms with Gasteiger partial charge in [0, 0.05) is 6.61 Å². The van der Waals surface area contributed by atoms with Crippen molar-refractivity contribution in [1.82, 2.24) is 0 Å². The molecule has 0 spiro atoms.